The fourth-order valence-electron chi connectivity index (χ4n) is 4.24. The normalized spacial score (nSPS) is 18.2. The Morgan fingerprint density at radius 2 is 1.86 bits per heavy atom. The van der Waals surface area contributed by atoms with Crippen LogP contribution in [0.25, 0.3) is 10.9 Å². The van der Waals surface area contributed by atoms with Crippen LogP contribution in [-0.2, 0) is 17.5 Å². The lowest BCUT2D eigenvalue weighted by Crippen LogP contribution is -2.35. The maximum Gasteiger partial charge on any atom is 0.418 e. The summed E-state index contributed by atoms with van der Waals surface area (Å²) in [6.45, 7) is 5.78. The minimum absolute atomic E-state index is 0.0333. The fraction of sp³-hybridized carbons (Fsp3) is 0.320. The summed E-state index contributed by atoms with van der Waals surface area (Å²) in [6, 6.07) is 4.19. The first-order chi connectivity index (χ1) is 17.3. The van der Waals surface area contributed by atoms with Crippen molar-refractivity contribution >= 4 is 28.2 Å². The van der Waals surface area contributed by atoms with Crippen LogP contribution in [0.2, 0.25) is 0 Å². The molecule has 0 fully saturated rings. The predicted molar refractivity (Wildman–Crippen MR) is 129 cm³/mol. The Bertz CT molecular complexity index is 1540. The first-order valence-electron chi connectivity index (χ1n) is 11.3. The number of benzene rings is 1. The molecule has 1 aliphatic rings. The van der Waals surface area contributed by atoms with Gasteiger partial charge in [-0.15, -0.1) is 0 Å². The number of aryl methyl sites for hydroxylation is 1. The zero-order chi connectivity index (χ0) is 27.2. The van der Waals surface area contributed by atoms with Gasteiger partial charge in [0.1, 0.15) is 28.6 Å². The molecule has 2 atom stereocenters. The van der Waals surface area contributed by atoms with Gasteiger partial charge in [0.2, 0.25) is 0 Å². The van der Waals surface area contributed by atoms with Gasteiger partial charge >= 0.3 is 6.18 Å². The number of allylic oxidation sites excluding steroid dienone is 2. The van der Waals surface area contributed by atoms with Gasteiger partial charge in [0.25, 0.3) is 11.5 Å². The summed E-state index contributed by atoms with van der Waals surface area (Å²) in [4.78, 5) is 38.7. The number of nitrogens with one attached hydrogen (secondary N) is 1. The van der Waals surface area contributed by atoms with Crippen LogP contribution >= 0.6 is 0 Å². The van der Waals surface area contributed by atoms with E-state index >= 15 is 0 Å². The van der Waals surface area contributed by atoms with Gasteiger partial charge in [0.05, 0.1) is 34.6 Å². The van der Waals surface area contributed by atoms with E-state index in [0.29, 0.717) is 0 Å². The van der Waals surface area contributed by atoms with Gasteiger partial charge in [-0.25, -0.2) is 14.4 Å². The number of anilines is 1. The Morgan fingerprint density at radius 1 is 1.16 bits per heavy atom. The van der Waals surface area contributed by atoms with Crippen molar-refractivity contribution in [3.63, 3.8) is 0 Å². The molecule has 0 saturated carbocycles. The molecule has 12 heteroatoms. The molecule has 1 aliphatic heterocycles. The van der Waals surface area contributed by atoms with Crippen molar-refractivity contribution < 1.29 is 27.5 Å². The molecule has 4 rings (SSSR count). The van der Waals surface area contributed by atoms with E-state index in [1.54, 1.807) is 20.8 Å². The lowest BCUT2D eigenvalue weighted by atomic mass is 9.86. The topological polar surface area (TPSA) is 109 Å². The van der Waals surface area contributed by atoms with Crippen molar-refractivity contribution in [2.75, 3.05) is 5.32 Å². The smallest absolute Gasteiger partial charge is 0.418 e. The van der Waals surface area contributed by atoms with Crippen molar-refractivity contribution in [3.8, 4) is 0 Å². The van der Waals surface area contributed by atoms with Crippen LogP contribution in [0.5, 0.6) is 0 Å². The highest BCUT2D eigenvalue weighted by Crippen LogP contribution is 2.32. The van der Waals surface area contributed by atoms with Crippen LogP contribution in [0, 0.1) is 24.6 Å². The zero-order valence-electron chi connectivity index (χ0n) is 20.3. The van der Waals surface area contributed by atoms with Gasteiger partial charge in [-0.2, -0.15) is 13.2 Å². The number of fused-ring (bicyclic) bond motifs is 1. The largest absolute Gasteiger partial charge is 0.510 e. The van der Waals surface area contributed by atoms with E-state index in [-0.39, 0.29) is 45.5 Å². The number of aliphatic hydroxyl groups is 1. The number of amides is 1. The molecule has 1 amide bonds. The van der Waals surface area contributed by atoms with Crippen LogP contribution in [0.4, 0.5) is 23.2 Å². The van der Waals surface area contributed by atoms with Crippen LogP contribution < -0.4 is 10.9 Å². The third kappa shape index (κ3) is 4.70. The summed E-state index contributed by atoms with van der Waals surface area (Å²) in [6.07, 6.45) is -3.53. The number of aromatic nitrogens is 3. The highest BCUT2D eigenvalue weighted by molar-refractivity contribution is 6.44. The predicted octanol–water partition coefficient (Wildman–Crippen LogP) is 4.76. The molecule has 0 spiro atoms. The van der Waals surface area contributed by atoms with Crippen molar-refractivity contribution in [2.24, 2.45) is 16.8 Å². The molecule has 0 saturated heterocycles. The first kappa shape index (κ1) is 26.0. The number of alkyl halides is 3. The van der Waals surface area contributed by atoms with Gasteiger partial charge in [0, 0.05) is 18.0 Å². The minimum atomic E-state index is -4.70. The summed E-state index contributed by atoms with van der Waals surface area (Å²) in [5, 5.41) is 12.4. The fourth-order valence-corrected chi connectivity index (χ4v) is 4.24. The number of aliphatic imine (C=N–C) groups is 1. The second-order valence-corrected chi connectivity index (χ2v) is 8.86. The van der Waals surface area contributed by atoms with Crippen LogP contribution in [-0.4, -0.2) is 31.3 Å². The standard InChI is InChI=1S/C25H23F4N5O3/c1-11-12(2)22(35)13(3)31-20(11)23(36)33-17-8-7-16(26)21-19(17)24(37)34(14(4)32-21)10-18-15(25(27,28)29)6-5-9-30-18/h5-9,11-12,35H,10H2,1-4H3,(H,33,36). The minimum Gasteiger partial charge on any atom is -0.510 e. The highest BCUT2D eigenvalue weighted by Gasteiger charge is 2.34. The van der Waals surface area contributed by atoms with Crippen molar-refractivity contribution in [2.45, 2.75) is 40.4 Å². The number of carbonyl (C=O) groups is 1. The van der Waals surface area contributed by atoms with Crippen molar-refractivity contribution in [1.82, 2.24) is 14.5 Å². The maximum atomic E-state index is 14.7. The molecule has 2 unspecified atom stereocenters. The summed E-state index contributed by atoms with van der Waals surface area (Å²) in [5.74, 6) is -2.33. The van der Waals surface area contributed by atoms with Crippen molar-refractivity contribution in [1.29, 1.82) is 0 Å². The van der Waals surface area contributed by atoms with E-state index in [1.807, 2.05) is 0 Å². The molecule has 37 heavy (non-hydrogen) atoms. The number of aliphatic hydroxyl groups excluding tert-OH is 1. The molecule has 0 radical (unpaired) electrons. The van der Waals surface area contributed by atoms with E-state index in [1.165, 1.54) is 19.2 Å². The molecule has 2 N–H and O–H groups in total. The number of halogens is 4. The van der Waals surface area contributed by atoms with Crippen LogP contribution in [0.3, 0.4) is 0 Å². The third-order valence-electron chi connectivity index (χ3n) is 6.51. The molecule has 0 bridgehead atoms. The van der Waals surface area contributed by atoms with Gasteiger partial charge < -0.3 is 10.4 Å². The summed E-state index contributed by atoms with van der Waals surface area (Å²) < 4.78 is 56.1. The Morgan fingerprint density at radius 3 is 2.54 bits per heavy atom. The molecule has 2 aromatic heterocycles. The Labute approximate surface area is 208 Å². The molecule has 194 valence electrons. The first-order valence-corrected chi connectivity index (χ1v) is 11.3. The Hall–Kier alpha value is -4.09. The number of pyridine rings is 1. The van der Waals surface area contributed by atoms with E-state index < -0.39 is 47.2 Å². The lowest BCUT2D eigenvalue weighted by molar-refractivity contribution is -0.138. The van der Waals surface area contributed by atoms with E-state index in [0.717, 1.165) is 22.8 Å². The maximum absolute atomic E-state index is 14.7. The number of carbonyl (C=O) groups excluding carboxylic acids is 1. The second kappa shape index (κ2) is 9.41. The van der Waals surface area contributed by atoms with E-state index in [2.05, 4.69) is 20.3 Å². The number of hydrogen-bond donors (Lipinski definition) is 2. The monoisotopic (exact) mass is 517 g/mol. The molecule has 8 nitrogen and oxygen atoms in total. The molecule has 0 aliphatic carbocycles. The zero-order valence-corrected chi connectivity index (χ0v) is 20.3. The molecule has 1 aromatic carbocycles. The van der Waals surface area contributed by atoms with Crippen molar-refractivity contribution in [3.05, 3.63) is 75.2 Å². The quantitative estimate of drug-likeness (QED) is 0.485. The Balaban J connectivity index is 1.82. The van der Waals surface area contributed by atoms with Gasteiger partial charge in [0.15, 0.2) is 0 Å². The van der Waals surface area contributed by atoms with Gasteiger partial charge in [-0.1, -0.05) is 13.8 Å². The average molecular weight is 517 g/mol. The average Bonchev–Trinajstić information content (AvgIpc) is 2.84. The summed E-state index contributed by atoms with van der Waals surface area (Å²) in [7, 11) is 0. The summed E-state index contributed by atoms with van der Waals surface area (Å²) in [5.41, 5.74) is -2.32. The molecular weight excluding hydrogens is 494 g/mol. The number of hydrogen-bond acceptors (Lipinski definition) is 6. The number of nitrogens with zero attached hydrogens (tertiary/aromatic N) is 4. The second-order valence-electron chi connectivity index (χ2n) is 8.86. The van der Waals surface area contributed by atoms with Gasteiger partial charge in [-0.05, 0) is 38.1 Å². The van der Waals surface area contributed by atoms with Crippen LogP contribution in [0.15, 0.2) is 51.7 Å². The molecule has 3 aromatic rings. The number of rotatable bonds is 4. The van der Waals surface area contributed by atoms with E-state index in [4.69, 9.17) is 0 Å². The van der Waals surface area contributed by atoms with Gasteiger partial charge in [-0.3, -0.25) is 19.1 Å². The highest BCUT2D eigenvalue weighted by atomic mass is 19.4. The summed E-state index contributed by atoms with van der Waals surface area (Å²) >= 11 is 0. The molecule has 3 heterocycles. The lowest BCUT2D eigenvalue weighted by Gasteiger charge is -2.26. The van der Waals surface area contributed by atoms with Crippen LogP contribution in [0.1, 0.15) is 37.9 Å². The van der Waals surface area contributed by atoms with E-state index in [9.17, 15) is 32.3 Å². The Kier molecular flexibility index (Phi) is 6.61. The third-order valence-corrected chi connectivity index (χ3v) is 6.51. The molecular formula is C25H23F4N5O3. The SMILES string of the molecule is CC1=C(O)C(C)C(C)C(C(=O)Nc2ccc(F)c3nc(C)n(Cc4ncccc4C(F)(F)F)c(=O)c23)=N1.